The Kier molecular flexibility index (Phi) is 2.19. The summed E-state index contributed by atoms with van der Waals surface area (Å²) in [6, 6.07) is 0.589. The fourth-order valence-electron chi connectivity index (χ4n) is 1.90. The summed E-state index contributed by atoms with van der Waals surface area (Å²) in [5, 5.41) is 0. The molecule has 0 aliphatic heterocycles. The molecule has 1 aliphatic carbocycles. The second-order valence-electron chi connectivity index (χ2n) is 4.06. The van der Waals surface area contributed by atoms with E-state index in [2.05, 4.69) is 4.57 Å². The fourth-order valence-corrected chi connectivity index (χ4v) is 1.90. The second-order valence-corrected chi connectivity index (χ2v) is 4.06. The number of nitrogens with zero attached hydrogens (tertiary/aromatic N) is 1. The molecule has 1 aliphatic rings. The zero-order valence-corrected chi connectivity index (χ0v) is 8.71. The van der Waals surface area contributed by atoms with E-state index in [-0.39, 0.29) is 5.43 Å². The highest BCUT2D eigenvalue weighted by molar-refractivity contribution is 5.26. The number of aryl methyl sites for hydroxylation is 1. The first kappa shape index (κ1) is 9.46. The number of hydrogen-bond donors (Lipinski definition) is 1. The van der Waals surface area contributed by atoms with Crippen molar-refractivity contribution in [1.29, 1.82) is 0 Å². The Morgan fingerprint density at radius 2 is 2.14 bits per heavy atom. The molecule has 76 valence electrons. The smallest absolute Gasteiger partial charge is 0.187 e. The number of nitrogens with two attached hydrogens (primary N) is 1. The van der Waals surface area contributed by atoms with Crippen molar-refractivity contribution in [2.24, 2.45) is 5.73 Å². The molecule has 14 heavy (non-hydrogen) atoms. The lowest BCUT2D eigenvalue weighted by Gasteiger charge is -2.14. The van der Waals surface area contributed by atoms with Crippen LogP contribution in [0.1, 0.15) is 35.7 Å². The van der Waals surface area contributed by atoms with Gasteiger partial charge >= 0.3 is 0 Å². The molecule has 0 spiro atoms. The Hall–Kier alpha value is -1.09. The van der Waals surface area contributed by atoms with Crippen molar-refractivity contribution in [3.63, 3.8) is 0 Å². The summed E-state index contributed by atoms with van der Waals surface area (Å²) in [5.74, 6) is 0. The highest BCUT2D eigenvalue weighted by Crippen LogP contribution is 2.36. The van der Waals surface area contributed by atoms with E-state index in [0.717, 1.165) is 16.8 Å². The van der Waals surface area contributed by atoms with E-state index < -0.39 is 0 Å². The molecule has 0 saturated heterocycles. The second kappa shape index (κ2) is 3.24. The number of rotatable bonds is 2. The molecule has 1 fully saturated rings. The van der Waals surface area contributed by atoms with E-state index in [0.29, 0.717) is 12.6 Å². The Morgan fingerprint density at radius 1 is 1.50 bits per heavy atom. The van der Waals surface area contributed by atoms with Gasteiger partial charge in [-0.3, -0.25) is 4.79 Å². The van der Waals surface area contributed by atoms with E-state index in [1.807, 2.05) is 20.0 Å². The molecule has 1 saturated carbocycles. The predicted octanol–water partition coefficient (Wildman–Crippen LogP) is 1.26. The van der Waals surface area contributed by atoms with E-state index in [1.165, 1.54) is 12.8 Å². The predicted molar refractivity (Wildman–Crippen MR) is 56.3 cm³/mol. The Balaban J connectivity index is 2.64. The molecule has 0 bridgehead atoms. The summed E-state index contributed by atoms with van der Waals surface area (Å²) in [5.41, 5.74) is 8.46. The minimum Gasteiger partial charge on any atom is -0.346 e. The van der Waals surface area contributed by atoms with E-state index in [9.17, 15) is 4.79 Å². The standard InChI is InChI=1S/C11H16N2O/c1-7-6-13(9-3-4-9)10(5-12)8(2)11(7)14/h6,9H,3-5,12H2,1-2H3. The van der Waals surface area contributed by atoms with Crippen molar-refractivity contribution in [2.45, 2.75) is 39.3 Å². The Labute approximate surface area is 83.5 Å². The van der Waals surface area contributed by atoms with E-state index >= 15 is 0 Å². The highest BCUT2D eigenvalue weighted by Gasteiger charge is 2.25. The molecule has 1 heterocycles. The van der Waals surface area contributed by atoms with Crippen molar-refractivity contribution in [3.8, 4) is 0 Å². The maximum Gasteiger partial charge on any atom is 0.187 e. The van der Waals surface area contributed by atoms with Gasteiger partial charge in [0.15, 0.2) is 5.43 Å². The summed E-state index contributed by atoms with van der Waals surface area (Å²) in [6.07, 6.45) is 4.39. The Bertz CT molecular complexity index is 416. The molecular weight excluding hydrogens is 176 g/mol. The molecule has 0 radical (unpaired) electrons. The van der Waals surface area contributed by atoms with Gasteiger partial charge in [0.05, 0.1) is 0 Å². The van der Waals surface area contributed by atoms with Crippen LogP contribution in [0.3, 0.4) is 0 Å². The van der Waals surface area contributed by atoms with Crippen LogP contribution in [0.5, 0.6) is 0 Å². The van der Waals surface area contributed by atoms with Gasteiger partial charge in [0.2, 0.25) is 0 Å². The van der Waals surface area contributed by atoms with Crippen LogP contribution in [-0.2, 0) is 6.54 Å². The molecule has 3 nitrogen and oxygen atoms in total. The highest BCUT2D eigenvalue weighted by atomic mass is 16.1. The first-order valence-corrected chi connectivity index (χ1v) is 5.06. The molecular formula is C11H16N2O. The molecule has 3 heteroatoms. The van der Waals surface area contributed by atoms with Gasteiger partial charge in [0, 0.05) is 35.6 Å². The van der Waals surface area contributed by atoms with Crippen molar-refractivity contribution in [1.82, 2.24) is 4.57 Å². The maximum absolute atomic E-state index is 11.7. The molecule has 2 rings (SSSR count). The Morgan fingerprint density at radius 3 is 2.64 bits per heavy atom. The summed E-state index contributed by atoms with van der Waals surface area (Å²) in [7, 11) is 0. The zero-order valence-electron chi connectivity index (χ0n) is 8.71. The van der Waals surface area contributed by atoms with Crippen LogP contribution in [-0.4, -0.2) is 4.57 Å². The lowest BCUT2D eigenvalue weighted by Crippen LogP contribution is -2.21. The number of hydrogen-bond acceptors (Lipinski definition) is 2. The van der Waals surface area contributed by atoms with Crippen LogP contribution in [0.15, 0.2) is 11.0 Å². The van der Waals surface area contributed by atoms with Crippen LogP contribution in [0.2, 0.25) is 0 Å². The largest absolute Gasteiger partial charge is 0.346 e. The molecule has 1 aromatic heterocycles. The van der Waals surface area contributed by atoms with E-state index in [1.54, 1.807) is 0 Å². The number of aromatic nitrogens is 1. The van der Waals surface area contributed by atoms with Crippen LogP contribution in [0.4, 0.5) is 0 Å². The quantitative estimate of drug-likeness (QED) is 0.766. The average Bonchev–Trinajstić information content (AvgIpc) is 2.97. The van der Waals surface area contributed by atoms with Gasteiger partial charge in [-0.2, -0.15) is 0 Å². The zero-order chi connectivity index (χ0) is 10.3. The van der Waals surface area contributed by atoms with Gasteiger partial charge in [-0.25, -0.2) is 0 Å². The van der Waals surface area contributed by atoms with Crippen LogP contribution in [0.25, 0.3) is 0 Å². The van der Waals surface area contributed by atoms with Gasteiger partial charge < -0.3 is 10.3 Å². The van der Waals surface area contributed by atoms with Crippen molar-refractivity contribution in [2.75, 3.05) is 0 Å². The molecule has 0 aromatic carbocycles. The molecule has 0 unspecified atom stereocenters. The summed E-state index contributed by atoms with van der Waals surface area (Å²) in [4.78, 5) is 11.7. The van der Waals surface area contributed by atoms with Gasteiger partial charge in [0.25, 0.3) is 0 Å². The first-order chi connectivity index (χ1) is 6.65. The van der Waals surface area contributed by atoms with Crippen molar-refractivity contribution < 1.29 is 0 Å². The molecule has 0 amide bonds. The van der Waals surface area contributed by atoms with Crippen LogP contribution in [0, 0.1) is 13.8 Å². The van der Waals surface area contributed by atoms with Crippen molar-refractivity contribution >= 4 is 0 Å². The van der Waals surface area contributed by atoms with Crippen LogP contribution < -0.4 is 11.2 Å². The normalized spacial score (nSPS) is 15.9. The molecule has 0 atom stereocenters. The third-order valence-corrected chi connectivity index (χ3v) is 2.91. The van der Waals surface area contributed by atoms with Gasteiger partial charge in [0.1, 0.15) is 0 Å². The minimum absolute atomic E-state index is 0.141. The fraction of sp³-hybridized carbons (Fsp3) is 0.545. The topological polar surface area (TPSA) is 48.0 Å². The average molecular weight is 192 g/mol. The third kappa shape index (κ3) is 1.38. The van der Waals surface area contributed by atoms with Crippen molar-refractivity contribution in [3.05, 3.63) is 33.2 Å². The monoisotopic (exact) mass is 192 g/mol. The summed E-state index contributed by atoms with van der Waals surface area (Å²) >= 11 is 0. The third-order valence-electron chi connectivity index (χ3n) is 2.91. The lowest BCUT2D eigenvalue weighted by molar-refractivity contribution is 0.670. The van der Waals surface area contributed by atoms with Gasteiger partial charge in [-0.1, -0.05) is 0 Å². The first-order valence-electron chi connectivity index (χ1n) is 5.06. The van der Waals surface area contributed by atoms with Gasteiger partial charge in [-0.15, -0.1) is 0 Å². The van der Waals surface area contributed by atoms with E-state index in [4.69, 9.17) is 5.73 Å². The van der Waals surface area contributed by atoms with Crippen LogP contribution >= 0.6 is 0 Å². The summed E-state index contributed by atoms with van der Waals surface area (Å²) in [6.45, 7) is 4.20. The molecule has 1 aromatic rings. The SMILES string of the molecule is Cc1cn(C2CC2)c(CN)c(C)c1=O. The molecule has 2 N–H and O–H groups in total. The van der Waals surface area contributed by atoms with Gasteiger partial charge in [-0.05, 0) is 26.7 Å². The number of pyridine rings is 1. The lowest BCUT2D eigenvalue weighted by atomic mass is 10.1. The summed E-state index contributed by atoms with van der Waals surface area (Å²) < 4.78 is 2.19. The minimum atomic E-state index is 0.141. The maximum atomic E-state index is 11.7.